The molecule has 5 rings (SSSR count). The number of nitrogens with zero attached hydrogens (tertiary/aromatic N) is 6. The molecule has 4 aromatic rings. The normalized spacial score (nSPS) is 17.3. The van der Waals surface area contributed by atoms with E-state index >= 15 is 0 Å². The lowest BCUT2D eigenvalue weighted by molar-refractivity contribution is -0.121. The molecule has 11 heteroatoms. The molecular weight excluding hydrogens is 494 g/mol. The van der Waals surface area contributed by atoms with Crippen LogP contribution in [-0.2, 0) is 11.8 Å². The van der Waals surface area contributed by atoms with Gasteiger partial charge in [0.15, 0.2) is 0 Å². The number of anilines is 3. The van der Waals surface area contributed by atoms with Gasteiger partial charge in [-0.2, -0.15) is 0 Å². The van der Waals surface area contributed by atoms with Crippen LogP contribution in [0.4, 0.5) is 17.3 Å². The standard InChI is InChI=1S/C28H37N9O2/c1-7-39-27-23(16-36(6)34-27)32-28-30-13-17(2)24(33-28)21-14-29-25-20(21)9-8-10-22(25)31-26(38)19(4)37-12-11-35(5)18(3)15-37/h8-10,13-14,16,18-19,29H,7,11-12,15H2,1-6H3,(H,31,38)(H,30,32,33)/t18-,19+/m0/s1. The summed E-state index contributed by atoms with van der Waals surface area (Å²) in [5, 5.41) is 11.7. The number of carbonyl (C=O) groups is 1. The van der Waals surface area contributed by atoms with Gasteiger partial charge < -0.3 is 25.3 Å². The van der Waals surface area contributed by atoms with Crippen LogP contribution in [0.3, 0.4) is 0 Å². The van der Waals surface area contributed by atoms with Gasteiger partial charge in [-0.15, -0.1) is 5.10 Å². The summed E-state index contributed by atoms with van der Waals surface area (Å²) in [5.41, 5.74) is 4.97. The van der Waals surface area contributed by atoms with Crippen molar-refractivity contribution in [3.05, 3.63) is 42.4 Å². The van der Waals surface area contributed by atoms with Crippen LogP contribution in [-0.4, -0.2) is 85.8 Å². The number of benzene rings is 1. The number of nitrogens with one attached hydrogen (secondary N) is 3. The van der Waals surface area contributed by atoms with Crippen LogP contribution in [0.25, 0.3) is 22.2 Å². The molecule has 1 amide bonds. The summed E-state index contributed by atoms with van der Waals surface area (Å²) in [4.78, 5) is 30.5. The fourth-order valence-corrected chi connectivity index (χ4v) is 4.98. The molecule has 1 aliphatic heterocycles. The Morgan fingerprint density at radius 2 is 2.08 bits per heavy atom. The van der Waals surface area contributed by atoms with Crippen LogP contribution in [0.1, 0.15) is 26.3 Å². The summed E-state index contributed by atoms with van der Waals surface area (Å²) in [6.45, 7) is 11.3. The second-order valence-electron chi connectivity index (χ2n) is 10.2. The van der Waals surface area contributed by atoms with Gasteiger partial charge in [0.1, 0.15) is 5.69 Å². The Hall–Kier alpha value is -3.96. The number of fused-ring (bicyclic) bond motifs is 1. The first-order chi connectivity index (χ1) is 18.7. The van der Waals surface area contributed by atoms with E-state index in [1.165, 1.54) is 0 Å². The van der Waals surface area contributed by atoms with Crippen LogP contribution in [0.15, 0.2) is 36.8 Å². The number of likely N-dealkylation sites (N-methyl/N-ethyl adjacent to an activating group) is 1. The van der Waals surface area contributed by atoms with Gasteiger partial charge in [-0.25, -0.2) is 9.97 Å². The highest BCUT2D eigenvalue weighted by Gasteiger charge is 2.28. The molecule has 1 aromatic carbocycles. The van der Waals surface area contributed by atoms with Gasteiger partial charge in [-0.1, -0.05) is 12.1 Å². The summed E-state index contributed by atoms with van der Waals surface area (Å²) in [5.74, 6) is 0.929. The molecule has 2 atom stereocenters. The highest BCUT2D eigenvalue weighted by atomic mass is 16.5. The zero-order valence-electron chi connectivity index (χ0n) is 23.4. The number of para-hydroxylation sites is 1. The average molecular weight is 532 g/mol. The molecule has 1 aliphatic rings. The van der Waals surface area contributed by atoms with Gasteiger partial charge in [0.25, 0.3) is 5.88 Å². The number of carbonyl (C=O) groups excluding carboxylic acids is 1. The number of rotatable bonds is 8. The largest absolute Gasteiger partial charge is 0.475 e. The minimum Gasteiger partial charge on any atom is -0.475 e. The Balaban J connectivity index is 1.39. The second kappa shape index (κ2) is 11.0. The monoisotopic (exact) mass is 531 g/mol. The number of piperazine rings is 1. The average Bonchev–Trinajstić information content (AvgIpc) is 3.50. The second-order valence-corrected chi connectivity index (χ2v) is 10.2. The third-order valence-corrected chi connectivity index (χ3v) is 7.44. The molecule has 0 bridgehead atoms. The zero-order valence-corrected chi connectivity index (χ0v) is 23.4. The van der Waals surface area contributed by atoms with Crippen molar-refractivity contribution in [1.29, 1.82) is 0 Å². The fraction of sp³-hybridized carbons (Fsp3) is 0.429. The van der Waals surface area contributed by atoms with Crippen molar-refractivity contribution in [3.8, 4) is 17.1 Å². The van der Waals surface area contributed by atoms with Gasteiger partial charge in [0.05, 0.1) is 35.7 Å². The Labute approximate surface area is 228 Å². The van der Waals surface area contributed by atoms with Gasteiger partial charge in [-0.05, 0) is 46.4 Å². The van der Waals surface area contributed by atoms with Gasteiger partial charge in [0, 0.05) is 56.1 Å². The van der Waals surface area contributed by atoms with E-state index < -0.39 is 0 Å². The van der Waals surface area contributed by atoms with Crippen LogP contribution in [0, 0.1) is 6.92 Å². The minimum atomic E-state index is -0.224. The van der Waals surface area contributed by atoms with E-state index in [-0.39, 0.29) is 11.9 Å². The number of aryl methyl sites for hydroxylation is 2. The van der Waals surface area contributed by atoms with Gasteiger partial charge >= 0.3 is 0 Å². The Morgan fingerprint density at radius 3 is 2.85 bits per heavy atom. The van der Waals surface area contributed by atoms with Crippen molar-refractivity contribution in [2.75, 3.05) is 43.9 Å². The Morgan fingerprint density at radius 1 is 1.26 bits per heavy atom. The van der Waals surface area contributed by atoms with Gasteiger partial charge in [0.2, 0.25) is 11.9 Å². The van der Waals surface area contributed by atoms with Gasteiger partial charge in [-0.3, -0.25) is 14.4 Å². The minimum absolute atomic E-state index is 0.0123. The van der Waals surface area contributed by atoms with E-state index in [4.69, 9.17) is 9.72 Å². The first kappa shape index (κ1) is 26.6. The van der Waals surface area contributed by atoms with Crippen molar-refractivity contribution in [3.63, 3.8) is 0 Å². The van der Waals surface area contributed by atoms with E-state index in [0.717, 1.165) is 53.0 Å². The molecule has 0 saturated carbocycles. The summed E-state index contributed by atoms with van der Waals surface area (Å²) in [6.07, 6.45) is 5.56. The molecule has 0 radical (unpaired) electrons. The molecule has 0 spiro atoms. The number of aromatic amines is 1. The summed E-state index contributed by atoms with van der Waals surface area (Å²) >= 11 is 0. The Bertz CT molecular complexity index is 1480. The topological polar surface area (TPSA) is 116 Å². The lowest BCUT2D eigenvalue weighted by atomic mass is 10.1. The number of aromatic nitrogens is 5. The third-order valence-electron chi connectivity index (χ3n) is 7.44. The van der Waals surface area contributed by atoms with Crippen LogP contribution < -0.4 is 15.4 Å². The predicted octanol–water partition coefficient (Wildman–Crippen LogP) is 3.77. The molecule has 206 valence electrons. The maximum absolute atomic E-state index is 13.2. The van der Waals surface area contributed by atoms with Crippen molar-refractivity contribution < 1.29 is 9.53 Å². The summed E-state index contributed by atoms with van der Waals surface area (Å²) in [7, 11) is 3.97. The number of H-pyrrole nitrogens is 1. The summed E-state index contributed by atoms with van der Waals surface area (Å²) < 4.78 is 7.31. The predicted molar refractivity (Wildman–Crippen MR) is 153 cm³/mol. The maximum Gasteiger partial charge on any atom is 0.256 e. The van der Waals surface area contributed by atoms with E-state index in [1.54, 1.807) is 10.9 Å². The fourth-order valence-electron chi connectivity index (χ4n) is 4.98. The van der Waals surface area contributed by atoms with E-state index in [2.05, 4.69) is 49.5 Å². The first-order valence-corrected chi connectivity index (χ1v) is 13.4. The number of hydrogen-bond acceptors (Lipinski definition) is 8. The van der Waals surface area contributed by atoms with Crippen molar-refractivity contribution in [1.82, 2.24) is 34.5 Å². The molecule has 3 aromatic heterocycles. The van der Waals surface area contributed by atoms with Crippen LogP contribution in [0.2, 0.25) is 0 Å². The highest BCUT2D eigenvalue weighted by Crippen LogP contribution is 2.34. The van der Waals surface area contributed by atoms with Crippen LogP contribution in [0.5, 0.6) is 5.88 Å². The summed E-state index contributed by atoms with van der Waals surface area (Å²) in [6, 6.07) is 6.11. The van der Waals surface area contributed by atoms with E-state index in [0.29, 0.717) is 30.2 Å². The molecule has 0 unspecified atom stereocenters. The quantitative estimate of drug-likeness (QED) is 0.315. The smallest absolute Gasteiger partial charge is 0.256 e. The van der Waals surface area contributed by atoms with E-state index in [1.807, 2.05) is 58.4 Å². The number of amides is 1. The van der Waals surface area contributed by atoms with E-state index in [9.17, 15) is 4.79 Å². The first-order valence-electron chi connectivity index (χ1n) is 13.4. The third kappa shape index (κ3) is 5.45. The zero-order chi connectivity index (χ0) is 27.7. The molecule has 39 heavy (non-hydrogen) atoms. The van der Waals surface area contributed by atoms with Crippen molar-refractivity contribution in [2.45, 2.75) is 39.8 Å². The van der Waals surface area contributed by atoms with Crippen molar-refractivity contribution >= 4 is 34.1 Å². The molecule has 1 fully saturated rings. The van der Waals surface area contributed by atoms with Crippen LogP contribution >= 0.6 is 0 Å². The lowest BCUT2D eigenvalue weighted by Crippen LogP contribution is -2.55. The molecule has 11 nitrogen and oxygen atoms in total. The lowest BCUT2D eigenvalue weighted by Gasteiger charge is -2.40. The number of hydrogen-bond donors (Lipinski definition) is 3. The molecule has 4 heterocycles. The van der Waals surface area contributed by atoms with Crippen molar-refractivity contribution in [2.24, 2.45) is 7.05 Å². The molecular formula is C28H37N9O2. The Kier molecular flexibility index (Phi) is 7.53. The molecule has 1 saturated heterocycles. The number of ether oxygens (including phenoxy) is 1. The molecule has 0 aliphatic carbocycles. The molecule has 3 N–H and O–H groups in total. The highest BCUT2D eigenvalue weighted by molar-refractivity contribution is 6.06. The SMILES string of the molecule is CCOc1nn(C)cc1Nc1ncc(C)c(-c2c[nH]c3c(NC(=O)[C@@H](C)N4CCN(C)[C@@H](C)C4)cccc23)n1. The maximum atomic E-state index is 13.2.